The Morgan fingerprint density at radius 1 is 0.833 bits per heavy atom. The fourth-order valence-electron chi connectivity index (χ4n) is 2.27. The molecule has 120 valence electrons. The highest BCUT2D eigenvalue weighted by atomic mass is 16.5. The summed E-state index contributed by atoms with van der Waals surface area (Å²) >= 11 is 0. The zero-order valence-corrected chi connectivity index (χ0v) is 13.2. The van der Waals surface area contributed by atoms with Crippen LogP contribution in [0, 0.1) is 0 Å². The highest BCUT2D eigenvalue weighted by Crippen LogP contribution is 2.25. The number of benzene rings is 3. The van der Waals surface area contributed by atoms with Gasteiger partial charge in [-0.15, -0.1) is 0 Å². The summed E-state index contributed by atoms with van der Waals surface area (Å²) in [5.74, 6) is 1.72. The molecule has 0 aromatic heterocycles. The molecular formula is C20H17NO3. The molecule has 0 fully saturated rings. The summed E-state index contributed by atoms with van der Waals surface area (Å²) in [7, 11) is 1.57. The molecule has 0 unspecified atom stereocenters. The van der Waals surface area contributed by atoms with E-state index >= 15 is 0 Å². The van der Waals surface area contributed by atoms with Gasteiger partial charge < -0.3 is 14.8 Å². The minimum atomic E-state index is -0.224. The standard InChI is InChI=1S/C20H17NO3/c1-23-19-13-6-5-12-18(19)21-20(22)15-8-7-11-17(14-15)24-16-9-3-2-4-10-16/h2-14H,1H3,(H,21,22). The lowest BCUT2D eigenvalue weighted by Crippen LogP contribution is -2.12. The zero-order chi connectivity index (χ0) is 16.8. The van der Waals surface area contributed by atoms with E-state index in [0.29, 0.717) is 22.7 Å². The van der Waals surface area contributed by atoms with Crippen molar-refractivity contribution < 1.29 is 14.3 Å². The van der Waals surface area contributed by atoms with Gasteiger partial charge in [-0.25, -0.2) is 0 Å². The van der Waals surface area contributed by atoms with Crippen LogP contribution in [0.1, 0.15) is 10.4 Å². The molecule has 0 spiro atoms. The third-order valence-electron chi connectivity index (χ3n) is 3.43. The predicted molar refractivity (Wildman–Crippen MR) is 93.9 cm³/mol. The Morgan fingerprint density at radius 2 is 1.54 bits per heavy atom. The Kier molecular flexibility index (Phi) is 4.77. The Bertz CT molecular complexity index is 831. The van der Waals surface area contributed by atoms with E-state index in [1.165, 1.54) is 0 Å². The summed E-state index contributed by atoms with van der Waals surface area (Å²) in [4.78, 5) is 12.5. The van der Waals surface area contributed by atoms with E-state index < -0.39 is 0 Å². The highest BCUT2D eigenvalue weighted by molar-refractivity contribution is 6.05. The predicted octanol–water partition coefficient (Wildman–Crippen LogP) is 4.74. The summed E-state index contributed by atoms with van der Waals surface area (Å²) in [5, 5.41) is 2.85. The van der Waals surface area contributed by atoms with Crippen LogP contribution in [-0.2, 0) is 0 Å². The maximum Gasteiger partial charge on any atom is 0.255 e. The lowest BCUT2D eigenvalue weighted by atomic mass is 10.2. The topological polar surface area (TPSA) is 47.6 Å². The van der Waals surface area contributed by atoms with E-state index in [-0.39, 0.29) is 5.91 Å². The van der Waals surface area contributed by atoms with Crippen LogP contribution in [0.3, 0.4) is 0 Å². The molecule has 0 atom stereocenters. The van der Waals surface area contributed by atoms with Crippen LogP contribution >= 0.6 is 0 Å². The summed E-state index contributed by atoms with van der Waals surface area (Å²) in [6.45, 7) is 0. The van der Waals surface area contributed by atoms with E-state index in [1.54, 1.807) is 37.4 Å². The Balaban J connectivity index is 1.77. The largest absolute Gasteiger partial charge is 0.495 e. The van der Waals surface area contributed by atoms with Gasteiger partial charge in [0.05, 0.1) is 12.8 Å². The van der Waals surface area contributed by atoms with E-state index in [2.05, 4.69) is 5.32 Å². The van der Waals surface area contributed by atoms with Crippen molar-refractivity contribution in [2.75, 3.05) is 12.4 Å². The van der Waals surface area contributed by atoms with Gasteiger partial charge in [0.1, 0.15) is 17.2 Å². The number of anilines is 1. The molecule has 0 aliphatic carbocycles. The van der Waals surface area contributed by atoms with Crippen LogP contribution < -0.4 is 14.8 Å². The second-order valence-corrected chi connectivity index (χ2v) is 5.10. The average Bonchev–Trinajstić information content (AvgIpc) is 2.63. The second-order valence-electron chi connectivity index (χ2n) is 5.10. The monoisotopic (exact) mass is 319 g/mol. The van der Waals surface area contributed by atoms with Crippen molar-refractivity contribution >= 4 is 11.6 Å². The van der Waals surface area contributed by atoms with Crippen LogP contribution in [0.2, 0.25) is 0 Å². The van der Waals surface area contributed by atoms with Gasteiger partial charge in [-0.05, 0) is 42.5 Å². The first-order valence-corrected chi connectivity index (χ1v) is 7.53. The normalized spacial score (nSPS) is 10.0. The molecule has 3 aromatic carbocycles. The maximum absolute atomic E-state index is 12.5. The number of amides is 1. The number of nitrogens with one attached hydrogen (secondary N) is 1. The van der Waals surface area contributed by atoms with E-state index in [1.807, 2.05) is 48.5 Å². The Labute approximate surface area is 140 Å². The molecule has 0 aliphatic rings. The first-order valence-electron chi connectivity index (χ1n) is 7.53. The van der Waals surface area contributed by atoms with Gasteiger partial charge in [0.15, 0.2) is 0 Å². The molecule has 3 aromatic rings. The molecule has 0 saturated heterocycles. The van der Waals surface area contributed by atoms with Gasteiger partial charge in [-0.2, -0.15) is 0 Å². The van der Waals surface area contributed by atoms with Gasteiger partial charge in [-0.1, -0.05) is 36.4 Å². The molecule has 4 nitrogen and oxygen atoms in total. The first kappa shape index (κ1) is 15.6. The zero-order valence-electron chi connectivity index (χ0n) is 13.2. The van der Waals surface area contributed by atoms with E-state index in [4.69, 9.17) is 9.47 Å². The van der Waals surface area contributed by atoms with Crippen LogP contribution in [0.4, 0.5) is 5.69 Å². The number of hydrogen-bond donors (Lipinski definition) is 1. The molecule has 3 rings (SSSR count). The minimum absolute atomic E-state index is 0.224. The number of hydrogen-bond acceptors (Lipinski definition) is 3. The Morgan fingerprint density at radius 3 is 2.33 bits per heavy atom. The minimum Gasteiger partial charge on any atom is -0.495 e. The van der Waals surface area contributed by atoms with Gasteiger partial charge >= 0.3 is 0 Å². The quantitative estimate of drug-likeness (QED) is 0.739. The third-order valence-corrected chi connectivity index (χ3v) is 3.43. The molecule has 0 bridgehead atoms. The summed E-state index contributed by atoms with van der Waals surface area (Å²) in [6.07, 6.45) is 0. The smallest absolute Gasteiger partial charge is 0.255 e. The van der Waals surface area contributed by atoms with Gasteiger partial charge in [0, 0.05) is 5.56 Å². The third kappa shape index (κ3) is 3.73. The molecule has 0 heterocycles. The number of methoxy groups -OCH3 is 1. The number of para-hydroxylation sites is 3. The van der Waals surface area contributed by atoms with Crippen molar-refractivity contribution in [2.45, 2.75) is 0 Å². The van der Waals surface area contributed by atoms with Crippen molar-refractivity contribution in [1.82, 2.24) is 0 Å². The molecule has 0 radical (unpaired) electrons. The molecule has 0 saturated carbocycles. The maximum atomic E-state index is 12.5. The second kappa shape index (κ2) is 7.33. The van der Waals surface area contributed by atoms with Crippen LogP contribution in [0.25, 0.3) is 0 Å². The lowest BCUT2D eigenvalue weighted by Gasteiger charge is -2.11. The van der Waals surface area contributed by atoms with Crippen molar-refractivity contribution in [1.29, 1.82) is 0 Å². The number of carbonyl (C=O) groups excluding carboxylic acids is 1. The first-order chi connectivity index (χ1) is 11.8. The molecular weight excluding hydrogens is 302 g/mol. The number of carbonyl (C=O) groups is 1. The average molecular weight is 319 g/mol. The fourth-order valence-corrected chi connectivity index (χ4v) is 2.27. The van der Waals surface area contributed by atoms with Crippen molar-refractivity contribution in [3.8, 4) is 17.2 Å². The van der Waals surface area contributed by atoms with Crippen LogP contribution in [-0.4, -0.2) is 13.0 Å². The highest BCUT2D eigenvalue weighted by Gasteiger charge is 2.10. The number of ether oxygens (including phenoxy) is 2. The van der Waals surface area contributed by atoms with E-state index in [9.17, 15) is 4.79 Å². The van der Waals surface area contributed by atoms with Crippen molar-refractivity contribution in [2.24, 2.45) is 0 Å². The Hall–Kier alpha value is -3.27. The van der Waals surface area contributed by atoms with Gasteiger partial charge in [0.2, 0.25) is 0 Å². The fraction of sp³-hybridized carbons (Fsp3) is 0.0500. The molecule has 1 N–H and O–H groups in total. The molecule has 1 amide bonds. The number of rotatable bonds is 5. The van der Waals surface area contributed by atoms with Gasteiger partial charge in [0.25, 0.3) is 5.91 Å². The SMILES string of the molecule is COc1ccccc1NC(=O)c1cccc(Oc2ccccc2)c1. The summed E-state index contributed by atoms with van der Waals surface area (Å²) < 4.78 is 11.0. The molecule has 24 heavy (non-hydrogen) atoms. The summed E-state index contributed by atoms with van der Waals surface area (Å²) in [6, 6.07) is 23.8. The molecule has 4 heteroatoms. The summed E-state index contributed by atoms with van der Waals surface area (Å²) in [5.41, 5.74) is 1.13. The van der Waals surface area contributed by atoms with E-state index in [0.717, 1.165) is 5.75 Å². The lowest BCUT2D eigenvalue weighted by molar-refractivity contribution is 0.102. The van der Waals surface area contributed by atoms with Crippen molar-refractivity contribution in [3.05, 3.63) is 84.4 Å². The van der Waals surface area contributed by atoms with Crippen molar-refractivity contribution in [3.63, 3.8) is 0 Å². The van der Waals surface area contributed by atoms with Gasteiger partial charge in [-0.3, -0.25) is 4.79 Å². The van der Waals surface area contributed by atoms with Crippen LogP contribution in [0.5, 0.6) is 17.2 Å². The molecule has 0 aliphatic heterocycles. The van der Waals surface area contributed by atoms with Crippen LogP contribution in [0.15, 0.2) is 78.9 Å².